The first kappa shape index (κ1) is 8.81. The third-order valence-corrected chi connectivity index (χ3v) is 3.45. The normalized spacial score (nSPS) is 37.9. The molecule has 1 aliphatic carbocycles. The van der Waals surface area contributed by atoms with E-state index in [1.807, 2.05) is 0 Å². The number of amides is 1. The van der Waals surface area contributed by atoms with Gasteiger partial charge in [0.05, 0.1) is 0 Å². The Bertz CT molecular complexity index is 206. The predicted molar refractivity (Wildman–Crippen MR) is 48.4 cm³/mol. The molecule has 1 aliphatic heterocycles. The second-order valence-electron chi connectivity index (χ2n) is 4.28. The quantitative estimate of drug-likeness (QED) is 0.626. The topological polar surface area (TPSA) is 66.6 Å². The van der Waals surface area contributed by atoms with E-state index in [0.29, 0.717) is 17.8 Å². The number of carboxylic acid groups (broad SMARTS) is 1. The van der Waals surface area contributed by atoms with Crippen molar-refractivity contribution in [3.8, 4) is 0 Å². The van der Waals surface area contributed by atoms with E-state index in [-0.39, 0.29) is 0 Å². The van der Waals surface area contributed by atoms with Gasteiger partial charge >= 0.3 is 6.09 Å². The zero-order chi connectivity index (χ0) is 9.42. The molecular formula is C9H16N2O2. The largest absolute Gasteiger partial charge is 0.465 e. The van der Waals surface area contributed by atoms with Crippen LogP contribution in [-0.2, 0) is 0 Å². The van der Waals surface area contributed by atoms with Crippen molar-refractivity contribution in [3.63, 3.8) is 0 Å². The van der Waals surface area contributed by atoms with Crippen LogP contribution in [0.2, 0.25) is 0 Å². The molecule has 0 aromatic rings. The summed E-state index contributed by atoms with van der Waals surface area (Å²) in [6.07, 6.45) is 1.49. The minimum atomic E-state index is -0.765. The van der Waals surface area contributed by atoms with Crippen molar-refractivity contribution in [2.75, 3.05) is 19.6 Å². The Labute approximate surface area is 77.7 Å². The average molecular weight is 184 g/mol. The molecule has 1 saturated carbocycles. The molecule has 2 unspecified atom stereocenters. The van der Waals surface area contributed by atoms with E-state index in [1.54, 1.807) is 4.90 Å². The van der Waals surface area contributed by atoms with Crippen LogP contribution in [0.15, 0.2) is 0 Å². The van der Waals surface area contributed by atoms with E-state index in [0.717, 1.165) is 32.5 Å². The van der Waals surface area contributed by atoms with Crippen molar-refractivity contribution in [1.82, 2.24) is 4.90 Å². The number of fused-ring (bicyclic) bond motifs is 1. The zero-order valence-corrected chi connectivity index (χ0v) is 7.65. The molecule has 2 rings (SSSR count). The standard InChI is InChI=1S/C9H16N2O2/c10-3-6-1-7-4-11(9(12)13)5-8(7)2-6/h6-8H,1-5,10H2,(H,12,13). The van der Waals surface area contributed by atoms with Crippen LogP contribution in [0, 0.1) is 17.8 Å². The molecule has 0 spiro atoms. The summed E-state index contributed by atoms with van der Waals surface area (Å²) in [6.45, 7) is 2.23. The second kappa shape index (κ2) is 3.18. The number of nitrogens with two attached hydrogens (primary N) is 1. The fraction of sp³-hybridized carbons (Fsp3) is 0.889. The van der Waals surface area contributed by atoms with Crippen LogP contribution in [0.5, 0.6) is 0 Å². The zero-order valence-electron chi connectivity index (χ0n) is 7.65. The first-order valence-electron chi connectivity index (χ1n) is 4.88. The van der Waals surface area contributed by atoms with Gasteiger partial charge in [-0.25, -0.2) is 4.79 Å². The molecule has 0 radical (unpaired) electrons. The fourth-order valence-corrected chi connectivity index (χ4v) is 2.77. The summed E-state index contributed by atoms with van der Waals surface area (Å²) in [5.74, 6) is 1.82. The van der Waals surface area contributed by atoms with Crippen LogP contribution in [-0.4, -0.2) is 35.7 Å². The molecule has 4 heteroatoms. The molecule has 2 atom stereocenters. The Morgan fingerprint density at radius 1 is 1.38 bits per heavy atom. The van der Waals surface area contributed by atoms with Gasteiger partial charge in [-0.1, -0.05) is 0 Å². The third kappa shape index (κ3) is 1.50. The monoisotopic (exact) mass is 184 g/mol. The first-order valence-corrected chi connectivity index (χ1v) is 4.88. The maximum Gasteiger partial charge on any atom is 0.407 e. The van der Waals surface area contributed by atoms with Gasteiger partial charge in [0.1, 0.15) is 0 Å². The molecule has 0 bridgehead atoms. The number of hydrogen-bond donors (Lipinski definition) is 2. The molecule has 1 heterocycles. The van der Waals surface area contributed by atoms with Crippen LogP contribution in [0.25, 0.3) is 0 Å². The highest BCUT2D eigenvalue weighted by Crippen LogP contribution is 2.40. The van der Waals surface area contributed by atoms with E-state index >= 15 is 0 Å². The van der Waals surface area contributed by atoms with Gasteiger partial charge < -0.3 is 15.7 Å². The Hall–Kier alpha value is -0.770. The lowest BCUT2D eigenvalue weighted by molar-refractivity contribution is 0.151. The highest BCUT2D eigenvalue weighted by molar-refractivity contribution is 5.65. The van der Waals surface area contributed by atoms with Gasteiger partial charge in [0, 0.05) is 13.1 Å². The van der Waals surface area contributed by atoms with Crippen LogP contribution in [0.4, 0.5) is 4.79 Å². The van der Waals surface area contributed by atoms with Crippen molar-refractivity contribution >= 4 is 6.09 Å². The molecule has 13 heavy (non-hydrogen) atoms. The van der Waals surface area contributed by atoms with E-state index in [9.17, 15) is 4.79 Å². The number of nitrogens with zero attached hydrogens (tertiary/aromatic N) is 1. The first-order chi connectivity index (χ1) is 6.20. The van der Waals surface area contributed by atoms with Crippen molar-refractivity contribution in [3.05, 3.63) is 0 Å². The third-order valence-electron chi connectivity index (χ3n) is 3.45. The molecule has 74 valence electrons. The van der Waals surface area contributed by atoms with Crippen LogP contribution in [0.1, 0.15) is 12.8 Å². The lowest BCUT2D eigenvalue weighted by atomic mass is 10.0. The molecule has 2 fully saturated rings. The van der Waals surface area contributed by atoms with Crippen LogP contribution in [0.3, 0.4) is 0 Å². The molecular weight excluding hydrogens is 168 g/mol. The number of hydrogen-bond acceptors (Lipinski definition) is 2. The van der Waals surface area contributed by atoms with E-state index in [1.165, 1.54) is 0 Å². The Balaban J connectivity index is 1.93. The summed E-state index contributed by atoms with van der Waals surface area (Å²) in [4.78, 5) is 12.2. The molecule has 0 aromatic carbocycles. The van der Waals surface area contributed by atoms with Crippen LogP contribution < -0.4 is 5.73 Å². The van der Waals surface area contributed by atoms with E-state index in [4.69, 9.17) is 10.8 Å². The molecule has 3 N–H and O–H groups in total. The van der Waals surface area contributed by atoms with Gasteiger partial charge in [0.25, 0.3) is 0 Å². The van der Waals surface area contributed by atoms with Crippen molar-refractivity contribution in [2.24, 2.45) is 23.5 Å². The smallest absolute Gasteiger partial charge is 0.407 e. The minimum Gasteiger partial charge on any atom is -0.465 e. The van der Waals surface area contributed by atoms with Crippen molar-refractivity contribution in [2.45, 2.75) is 12.8 Å². The number of likely N-dealkylation sites (tertiary alicyclic amines) is 1. The van der Waals surface area contributed by atoms with Gasteiger partial charge in [0.15, 0.2) is 0 Å². The lowest BCUT2D eigenvalue weighted by Gasteiger charge is -2.14. The fourth-order valence-electron chi connectivity index (χ4n) is 2.77. The maximum atomic E-state index is 10.7. The Morgan fingerprint density at radius 3 is 2.31 bits per heavy atom. The Morgan fingerprint density at radius 2 is 1.92 bits per heavy atom. The second-order valence-corrected chi connectivity index (χ2v) is 4.28. The summed E-state index contributed by atoms with van der Waals surface area (Å²) < 4.78 is 0. The summed E-state index contributed by atoms with van der Waals surface area (Å²) in [5.41, 5.74) is 5.60. The van der Waals surface area contributed by atoms with Crippen LogP contribution >= 0.6 is 0 Å². The number of carbonyl (C=O) groups is 1. The van der Waals surface area contributed by atoms with Gasteiger partial charge in [-0.15, -0.1) is 0 Å². The molecule has 0 aromatic heterocycles. The lowest BCUT2D eigenvalue weighted by Crippen LogP contribution is -2.28. The highest BCUT2D eigenvalue weighted by Gasteiger charge is 2.41. The predicted octanol–water partition coefficient (Wildman–Crippen LogP) is 0.581. The SMILES string of the molecule is NCC1CC2CN(C(=O)O)CC2C1. The van der Waals surface area contributed by atoms with Crippen molar-refractivity contribution < 1.29 is 9.90 Å². The van der Waals surface area contributed by atoms with E-state index < -0.39 is 6.09 Å². The number of rotatable bonds is 1. The van der Waals surface area contributed by atoms with Gasteiger partial charge in [-0.3, -0.25) is 0 Å². The molecule has 1 amide bonds. The molecule has 4 nitrogen and oxygen atoms in total. The Kier molecular flexibility index (Phi) is 2.15. The highest BCUT2D eigenvalue weighted by atomic mass is 16.4. The summed E-state index contributed by atoms with van der Waals surface area (Å²) in [7, 11) is 0. The van der Waals surface area contributed by atoms with Gasteiger partial charge in [0.2, 0.25) is 0 Å². The summed E-state index contributed by atoms with van der Waals surface area (Å²) >= 11 is 0. The van der Waals surface area contributed by atoms with E-state index in [2.05, 4.69) is 0 Å². The minimum absolute atomic E-state index is 0.588. The average Bonchev–Trinajstić information content (AvgIpc) is 2.58. The summed E-state index contributed by atoms with van der Waals surface area (Å²) in [6, 6.07) is 0. The van der Waals surface area contributed by atoms with Gasteiger partial charge in [-0.2, -0.15) is 0 Å². The van der Waals surface area contributed by atoms with Crippen molar-refractivity contribution in [1.29, 1.82) is 0 Å². The molecule has 1 saturated heterocycles. The van der Waals surface area contributed by atoms with Gasteiger partial charge in [-0.05, 0) is 37.1 Å². The maximum absolute atomic E-state index is 10.7. The summed E-state index contributed by atoms with van der Waals surface area (Å²) in [5, 5.41) is 8.79. The molecule has 2 aliphatic rings.